The summed E-state index contributed by atoms with van der Waals surface area (Å²) in [6.07, 6.45) is 6.25. The maximum absolute atomic E-state index is 12.5. The first-order chi connectivity index (χ1) is 11.7. The molecule has 0 unspecified atom stereocenters. The predicted octanol–water partition coefficient (Wildman–Crippen LogP) is 4.06. The molecule has 0 aliphatic heterocycles. The van der Waals surface area contributed by atoms with E-state index in [0.29, 0.717) is 29.5 Å². The van der Waals surface area contributed by atoms with Gasteiger partial charge in [-0.05, 0) is 19.8 Å². The van der Waals surface area contributed by atoms with E-state index in [0.717, 1.165) is 16.9 Å². The van der Waals surface area contributed by atoms with Gasteiger partial charge in [0.1, 0.15) is 11.5 Å². The molecule has 4 nitrogen and oxygen atoms in total. The molecule has 4 heteroatoms. The van der Waals surface area contributed by atoms with Crippen molar-refractivity contribution in [3.63, 3.8) is 0 Å². The number of fused-ring (bicyclic) bond motifs is 3. The fourth-order valence-electron chi connectivity index (χ4n) is 3.85. The number of hydrogen-bond acceptors (Lipinski definition) is 4. The lowest BCUT2D eigenvalue weighted by Gasteiger charge is -2.22. The Morgan fingerprint density at radius 2 is 1.75 bits per heavy atom. The van der Waals surface area contributed by atoms with Crippen LogP contribution in [0.1, 0.15) is 64.1 Å². The lowest BCUT2D eigenvalue weighted by Crippen LogP contribution is -2.30. The SMILES string of the molecule is Cc1c(CNC2CCCCC2)oc2c1C(=O)C(=O)c1ccccc1-2. The molecule has 1 saturated carbocycles. The summed E-state index contributed by atoms with van der Waals surface area (Å²) in [6, 6.07) is 7.69. The predicted molar refractivity (Wildman–Crippen MR) is 91.3 cm³/mol. The number of Topliss-reactive ketones (excluding diaryl/α,β-unsaturated/α-hetero) is 2. The van der Waals surface area contributed by atoms with Gasteiger partial charge in [0.25, 0.3) is 0 Å². The monoisotopic (exact) mass is 323 g/mol. The van der Waals surface area contributed by atoms with Crippen LogP contribution in [0.2, 0.25) is 0 Å². The second kappa shape index (κ2) is 6.02. The fraction of sp³-hybridized carbons (Fsp3) is 0.400. The Balaban J connectivity index is 1.67. The van der Waals surface area contributed by atoms with Gasteiger partial charge in [0.15, 0.2) is 0 Å². The van der Waals surface area contributed by atoms with Gasteiger partial charge < -0.3 is 9.73 Å². The molecular formula is C20H21NO3. The van der Waals surface area contributed by atoms with E-state index in [1.165, 1.54) is 32.1 Å². The van der Waals surface area contributed by atoms with Crippen LogP contribution >= 0.6 is 0 Å². The van der Waals surface area contributed by atoms with Crippen molar-refractivity contribution < 1.29 is 14.0 Å². The first-order valence-electron chi connectivity index (χ1n) is 8.71. The molecule has 4 rings (SSSR count). The summed E-state index contributed by atoms with van der Waals surface area (Å²) in [5.41, 5.74) is 2.40. The number of carbonyl (C=O) groups excluding carboxylic acids is 2. The van der Waals surface area contributed by atoms with Crippen molar-refractivity contribution in [3.8, 4) is 11.3 Å². The molecule has 1 N–H and O–H groups in total. The van der Waals surface area contributed by atoms with Crippen LogP contribution in [0.15, 0.2) is 28.7 Å². The summed E-state index contributed by atoms with van der Waals surface area (Å²) in [7, 11) is 0. The largest absolute Gasteiger partial charge is 0.459 e. The van der Waals surface area contributed by atoms with Crippen LogP contribution in [-0.2, 0) is 6.54 Å². The van der Waals surface area contributed by atoms with E-state index in [1.807, 2.05) is 19.1 Å². The van der Waals surface area contributed by atoms with Crippen LogP contribution in [0.3, 0.4) is 0 Å². The summed E-state index contributed by atoms with van der Waals surface area (Å²) in [4.78, 5) is 24.8. The van der Waals surface area contributed by atoms with E-state index in [9.17, 15) is 9.59 Å². The molecule has 2 aliphatic rings. The van der Waals surface area contributed by atoms with Crippen molar-refractivity contribution >= 4 is 11.6 Å². The molecule has 24 heavy (non-hydrogen) atoms. The van der Waals surface area contributed by atoms with Crippen molar-refractivity contribution in [1.82, 2.24) is 5.32 Å². The summed E-state index contributed by atoms with van der Waals surface area (Å²) < 4.78 is 6.04. The third-order valence-electron chi connectivity index (χ3n) is 5.25. The summed E-state index contributed by atoms with van der Waals surface area (Å²) in [6.45, 7) is 2.48. The van der Waals surface area contributed by atoms with E-state index in [-0.39, 0.29) is 0 Å². The van der Waals surface area contributed by atoms with Gasteiger partial charge in [0, 0.05) is 22.7 Å². The van der Waals surface area contributed by atoms with Gasteiger partial charge in [-0.3, -0.25) is 9.59 Å². The van der Waals surface area contributed by atoms with E-state index >= 15 is 0 Å². The Bertz CT molecular complexity index is 812. The lowest BCUT2D eigenvalue weighted by atomic mass is 9.87. The molecule has 1 aromatic heterocycles. The molecule has 0 atom stereocenters. The van der Waals surface area contributed by atoms with Crippen molar-refractivity contribution in [1.29, 1.82) is 0 Å². The van der Waals surface area contributed by atoms with E-state index < -0.39 is 11.6 Å². The van der Waals surface area contributed by atoms with Crippen molar-refractivity contribution in [3.05, 3.63) is 46.7 Å². The van der Waals surface area contributed by atoms with E-state index in [2.05, 4.69) is 5.32 Å². The highest BCUT2D eigenvalue weighted by Gasteiger charge is 2.35. The summed E-state index contributed by atoms with van der Waals surface area (Å²) >= 11 is 0. The van der Waals surface area contributed by atoms with Gasteiger partial charge in [0.05, 0.1) is 12.1 Å². The zero-order chi connectivity index (χ0) is 16.7. The Morgan fingerprint density at radius 1 is 1.04 bits per heavy atom. The molecule has 0 saturated heterocycles. The minimum atomic E-state index is -0.450. The maximum Gasteiger partial charge on any atom is 0.237 e. The summed E-state index contributed by atoms with van der Waals surface area (Å²) in [5.74, 6) is 0.430. The van der Waals surface area contributed by atoms with Gasteiger partial charge in [-0.15, -0.1) is 0 Å². The van der Waals surface area contributed by atoms with Crippen LogP contribution < -0.4 is 5.32 Å². The molecule has 0 spiro atoms. The van der Waals surface area contributed by atoms with Gasteiger partial charge in [-0.25, -0.2) is 0 Å². The Morgan fingerprint density at radius 3 is 2.50 bits per heavy atom. The van der Waals surface area contributed by atoms with E-state index in [1.54, 1.807) is 12.1 Å². The molecule has 0 radical (unpaired) electrons. The minimum Gasteiger partial charge on any atom is -0.459 e. The highest BCUT2D eigenvalue weighted by molar-refractivity contribution is 6.53. The molecule has 0 amide bonds. The number of benzene rings is 1. The maximum atomic E-state index is 12.5. The average Bonchev–Trinajstić information content (AvgIpc) is 2.96. The standard InChI is InChI=1S/C20H21NO3/c1-12-16(11-21-13-7-3-2-4-8-13)24-20-15-10-6-5-9-14(15)18(22)19(23)17(12)20/h5-6,9-10,13,21H,2-4,7-8,11H2,1H3. The number of rotatable bonds is 3. The zero-order valence-corrected chi connectivity index (χ0v) is 13.9. The van der Waals surface area contributed by atoms with Crippen molar-refractivity contribution in [2.75, 3.05) is 0 Å². The van der Waals surface area contributed by atoms with Gasteiger partial charge in [-0.1, -0.05) is 43.5 Å². The topological polar surface area (TPSA) is 59.3 Å². The molecule has 2 aliphatic carbocycles. The Hall–Kier alpha value is -2.20. The van der Waals surface area contributed by atoms with Crippen LogP contribution in [0.4, 0.5) is 0 Å². The quantitative estimate of drug-likeness (QED) is 0.866. The van der Waals surface area contributed by atoms with Crippen molar-refractivity contribution in [2.24, 2.45) is 0 Å². The summed E-state index contributed by atoms with van der Waals surface area (Å²) in [5, 5.41) is 3.55. The average molecular weight is 323 g/mol. The smallest absolute Gasteiger partial charge is 0.237 e. The molecule has 1 heterocycles. The number of ketones is 2. The molecule has 1 aromatic carbocycles. The number of carbonyl (C=O) groups is 2. The molecule has 0 bridgehead atoms. The van der Waals surface area contributed by atoms with Crippen LogP contribution in [0.5, 0.6) is 0 Å². The zero-order valence-electron chi connectivity index (χ0n) is 13.9. The van der Waals surface area contributed by atoms with E-state index in [4.69, 9.17) is 4.42 Å². The molecule has 2 aromatic rings. The van der Waals surface area contributed by atoms with Crippen LogP contribution in [0, 0.1) is 6.92 Å². The number of nitrogens with one attached hydrogen (secondary N) is 1. The first-order valence-corrected chi connectivity index (χ1v) is 8.71. The van der Waals surface area contributed by atoms with Gasteiger partial charge >= 0.3 is 0 Å². The number of furan rings is 1. The number of hydrogen-bond donors (Lipinski definition) is 1. The third-order valence-corrected chi connectivity index (χ3v) is 5.25. The second-order valence-electron chi connectivity index (χ2n) is 6.77. The molecule has 1 fully saturated rings. The molecule has 124 valence electrons. The van der Waals surface area contributed by atoms with Gasteiger partial charge in [-0.2, -0.15) is 0 Å². The highest BCUT2D eigenvalue weighted by atomic mass is 16.3. The normalized spacial score (nSPS) is 17.7. The minimum absolute atomic E-state index is 0.436. The Labute approximate surface area is 141 Å². The second-order valence-corrected chi connectivity index (χ2v) is 6.77. The molecular weight excluding hydrogens is 302 g/mol. The first kappa shape index (κ1) is 15.3. The van der Waals surface area contributed by atoms with Crippen molar-refractivity contribution in [2.45, 2.75) is 51.6 Å². The van der Waals surface area contributed by atoms with Crippen LogP contribution in [-0.4, -0.2) is 17.6 Å². The fourth-order valence-corrected chi connectivity index (χ4v) is 3.85. The third kappa shape index (κ3) is 2.42. The Kier molecular flexibility index (Phi) is 3.85. The van der Waals surface area contributed by atoms with Gasteiger partial charge in [0.2, 0.25) is 11.6 Å². The highest BCUT2D eigenvalue weighted by Crippen LogP contribution is 2.38. The lowest BCUT2D eigenvalue weighted by molar-refractivity contribution is 0.0814. The van der Waals surface area contributed by atoms with Crippen LogP contribution in [0.25, 0.3) is 11.3 Å².